The summed E-state index contributed by atoms with van der Waals surface area (Å²) in [6.45, 7) is 7.50. The van der Waals surface area contributed by atoms with Crippen LogP contribution in [0.5, 0.6) is 0 Å². The van der Waals surface area contributed by atoms with Crippen molar-refractivity contribution in [2.45, 2.75) is 45.6 Å². The van der Waals surface area contributed by atoms with Crippen LogP contribution in [0.1, 0.15) is 51.1 Å². The Morgan fingerprint density at radius 2 is 2.00 bits per heavy atom. The molecule has 2 aliphatic carbocycles. The first-order valence-corrected chi connectivity index (χ1v) is 7.98. The SMILES string of the molecule is CC[C@]12CN([C@@H](C)c3ccccc3)C[C@H]1C1(CC1)C2. The number of benzene rings is 1. The lowest BCUT2D eigenvalue weighted by molar-refractivity contribution is -0.0215. The third kappa shape index (κ3) is 1.57. The predicted molar refractivity (Wildman–Crippen MR) is 78.9 cm³/mol. The van der Waals surface area contributed by atoms with Crippen LogP contribution in [0.25, 0.3) is 0 Å². The Labute approximate surface area is 117 Å². The minimum absolute atomic E-state index is 0.589. The molecule has 0 N–H and O–H groups in total. The second-order valence-electron chi connectivity index (χ2n) is 7.32. The molecule has 1 aliphatic heterocycles. The lowest BCUT2D eigenvalue weighted by atomic mass is 9.52. The van der Waals surface area contributed by atoms with Crippen molar-refractivity contribution in [3.8, 4) is 0 Å². The van der Waals surface area contributed by atoms with Crippen LogP contribution in [0.15, 0.2) is 30.3 Å². The van der Waals surface area contributed by atoms with Crippen molar-refractivity contribution in [1.29, 1.82) is 0 Å². The van der Waals surface area contributed by atoms with E-state index in [1.807, 2.05) is 0 Å². The largest absolute Gasteiger partial charge is 0.296 e. The average Bonchev–Trinajstić information content (AvgIpc) is 3.18. The van der Waals surface area contributed by atoms with Crippen LogP contribution >= 0.6 is 0 Å². The van der Waals surface area contributed by atoms with Gasteiger partial charge in [0.05, 0.1) is 0 Å². The monoisotopic (exact) mass is 255 g/mol. The number of likely N-dealkylation sites (tertiary alicyclic amines) is 1. The Morgan fingerprint density at radius 3 is 2.63 bits per heavy atom. The maximum atomic E-state index is 2.76. The van der Waals surface area contributed by atoms with E-state index < -0.39 is 0 Å². The van der Waals surface area contributed by atoms with Crippen molar-refractivity contribution in [3.05, 3.63) is 35.9 Å². The molecule has 3 atom stereocenters. The third-order valence-electron chi connectivity index (χ3n) is 6.54. The molecule has 19 heavy (non-hydrogen) atoms. The summed E-state index contributed by atoms with van der Waals surface area (Å²) in [6, 6.07) is 11.6. The van der Waals surface area contributed by atoms with Crippen LogP contribution in [0.3, 0.4) is 0 Å². The topological polar surface area (TPSA) is 3.24 Å². The fourth-order valence-corrected chi connectivity index (χ4v) is 5.13. The predicted octanol–water partition coefficient (Wildman–Crippen LogP) is 4.26. The normalized spacial score (nSPS) is 36.8. The highest BCUT2D eigenvalue weighted by Crippen LogP contribution is 2.75. The summed E-state index contributed by atoms with van der Waals surface area (Å²) in [5.41, 5.74) is 2.97. The quantitative estimate of drug-likeness (QED) is 0.780. The van der Waals surface area contributed by atoms with Crippen LogP contribution in [0, 0.1) is 16.7 Å². The van der Waals surface area contributed by atoms with E-state index in [-0.39, 0.29) is 0 Å². The van der Waals surface area contributed by atoms with Gasteiger partial charge in [0.25, 0.3) is 0 Å². The van der Waals surface area contributed by atoms with Gasteiger partial charge >= 0.3 is 0 Å². The maximum Gasteiger partial charge on any atom is 0.0320 e. The minimum Gasteiger partial charge on any atom is -0.296 e. The van der Waals surface area contributed by atoms with E-state index >= 15 is 0 Å². The first-order valence-electron chi connectivity index (χ1n) is 7.98. The van der Waals surface area contributed by atoms with E-state index in [4.69, 9.17) is 0 Å². The van der Waals surface area contributed by atoms with Gasteiger partial charge in [-0.2, -0.15) is 0 Å². The summed E-state index contributed by atoms with van der Waals surface area (Å²) >= 11 is 0. The van der Waals surface area contributed by atoms with E-state index in [0.29, 0.717) is 11.5 Å². The first kappa shape index (κ1) is 12.0. The van der Waals surface area contributed by atoms with Gasteiger partial charge in [-0.3, -0.25) is 4.90 Å². The summed E-state index contributed by atoms with van der Waals surface area (Å²) in [5.74, 6) is 1.01. The molecule has 0 unspecified atom stereocenters. The maximum absolute atomic E-state index is 2.76. The van der Waals surface area contributed by atoms with Gasteiger partial charge in [0.2, 0.25) is 0 Å². The Hall–Kier alpha value is -0.820. The molecule has 0 bridgehead atoms. The second-order valence-corrected chi connectivity index (χ2v) is 7.32. The van der Waals surface area contributed by atoms with Crippen LogP contribution in [0.4, 0.5) is 0 Å². The Morgan fingerprint density at radius 1 is 1.26 bits per heavy atom. The molecule has 0 amide bonds. The molecule has 0 aromatic heterocycles. The number of fused-ring (bicyclic) bond motifs is 2. The van der Waals surface area contributed by atoms with E-state index in [0.717, 1.165) is 11.3 Å². The van der Waals surface area contributed by atoms with Gasteiger partial charge < -0.3 is 0 Å². The molecule has 1 heterocycles. The molecular weight excluding hydrogens is 230 g/mol. The van der Waals surface area contributed by atoms with Crippen LogP contribution in [-0.2, 0) is 0 Å². The standard InChI is InChI=1S/C18H25N/c1-3-17-12-18(9-10-18)16(17)11-19(13-17)14(2)15-7-5-4-6-8-15/h4-8,14,16H,3,9-13H2,1-2H3/t14-,16+,17-/m0/s1. The molecule has 3 fully saturated rings. The molecule has 1 saturated heterocycles. The Balaban J connectivity index is 1.55. The lowest BCUT2D eigenvalue weighted by Crippen LogP contribution is -2.48. The fourth-order valence-electron chi connectivity index (χ4n) is 5.13. The highest BCUT2D eigenvalue weighted by atomic mass is 15.2. The lowest BCUT2D eigenvalue weighted by Gasteiger charge is -2.52. The molecule has 4 rings (SSSR count). The van der Waals surface area contributed by atoms with Crippen LogP contribution < -0.4 is 0 Å². The molecule has 1 spiro atoms. The zero-order valence-electron chi connectivity index (χ0n) is 12.2. The van der Waals surface area contributed by atoms with Crippen molar-refractivity contribution in [3.63, 3.8) is 0 Å². The van der Waals surface area contributed by atoms with E-state index in [2.05, 4.69) is 49.1 Å². The minimum atomic E-state index is 0.589. The summed E-state index contributed by atoms with van der Waals surface area (Å²) < 4.78 is 0. The van der Waals surface area contributed by atoms with Crippen molar-refractivity contribution >= 4 is 0 Å². The zero-order valence-corrected chi connectivity index (χ0v) is 12.2. The summed E-state index contributed by atoms with van der Waals surface area (Å²) in [6.07, 6.45) is 5.95. The van der Waals surface area contributed by atoms with Gasteiger partial charge in [-0.05, 0) is 54.9 Å². The molecule has 1 nitrogen and oxygen atoms in total. The molecule has 1 aromatic rings. The summed E-state index contributed by atoms with van der Waals surface area (Å²) in [5, 5.41) is 0. The molecule has 3 aliphatic rings. The molecule has 102 valence electrons. The van der Waals surface area contributed by atoms with Crippen LogP contribution in [-0.4, -0.2) is 18.0 Å². The Bertz CT molecular complexity index is 476. The van der Waals surface area contributed by atoms with Gasteiger partial charge in [-0.15, -0.1) is 0 Å². The van der Waals surface area contributed by atoms with Gasteiger partial charge in [0, 0.05) is 19.1 Å². The van der Waals surface area contributed by atoms with E-state index in [9.17, 15) is 0 Å². The van der Waals surface area contributed by atoms with Gasteiger partial charge in [0.15, 0.2) is 0 Å². The van der Waals surface area contributed by atoms with Gasteiger partial charge in [-0.25, -0.2) is 0 Å². The van der Waals surface area contributed by atoms with Crippen molar-refractivity contribution in [1.82, 2.24) is 4.90 Å². The molecule has 1 heteroatoms. The second kappa shape index (κ2) is 3.85. The van der Waals surface area contributed by atoms with Crippen molar-refractivity contribution in [2.75, 3.05) is 13.1 Å². The number of rotatable bonds is 3. The molecular formula is C18H25N. The smallest absolute Gasteiger partial charge is 0.0320 e. The highest BCUT2D eigenvalue weighted by Gasteiger charge is 2.70. The average molecular weight is 255 g/mol. The van der Waals surface area contributed by atoms with Crippen molar-refractivity contribution in [2.24, 2.45) is 16.7 Å². The van der Waals surface area contributed by atoms with Gasteiger partial charge in [-0.1, -0.05) is 37.3 Å². The highest BCUT2D eigenvalue weighted by molar-refractivity contribution is 5.24. The van der Waals surface area contributed by atoms with Crippen molar-refractivity contribution < 1.29 is 0 Å². The fraction of sp³-hybridized carbons (Fsp3) is 0.667. The summed E-state index contributed by atoms with van der Waals surface area (Å²) in [4.78, 5) is 2.76. The Kier molecular flexibility index (Phi) is 2.42. The zero-order chi connectivity index (χ0) is 13.1. The van der Waals surface area contributed by atoms with Gasteiger partial charge in [0.1, 0.15) is 0 Å². The first-order chi connectivity index (χ1) is 9.19. The third-order valence-corrected chi connectivity index (χ3v) is 6.54. The number of nitrogens with zero attached hydrogens (tertiary/aromatic N) is 1. The molecule has 0 radical (unpaired) electrons. The molecule has 2 saturated carbocycles. The molecule has 1 aromatic carbocycles. The number of hydrogen-bond acceptors (Lipinski definition) is 1. The van der Waals surface area contributed by atoms with E-state index in [1.165, 1.54) is 44.3 Å². The van der Waals surface area contributed by atoms with Crippen LogP contribution in [0.2, 0.25) is 0 Å². The number of hydrogen-bond donors (Lipinski definition) is 0. The van der Waals surface area contributed by atoms with E-state index in [1.54, 1.807) is 0 Å². The summed E-state index contributed by atoms with van der Waals surface area (Å²) in [7, 11) is 0.